The standard InChI is InChI=1S/C20H22N2O5S/c1-14-5-9-18(10-6-14)28(25,26)21-12-20(24)27-13-19(23)22-17-8-7-15-3-2-4-16(15)11-17/h5-11,21H,2-4,12-13H2,1H3,(H,22,23). The molecule has 0 saturated carbocycles. The number of aryl methyl sites for hydroxylation is 3. The Bertz CT molecular complexity index is 984. The number of anilines is 1. The van der Waals surface area contributed by atoms with E-state index in [-0.39, 0.29) is 4.90 Å². The number of rotatable bonds is 7. The molecule has 0 aromatic heterocycles. The number of carbonyl (C=O) groups excluding carboxylic acids is 2. The Hall–Kier alpha value is -2.71. The minimum absolute atomic E-state index is 0.0558. The average Bonchev–Trinajstić information content (AvgIpc) is 3.13. The van der Waals surface area contributed by atoms with Crippen LogP contribution < -0.4 is 10.0 Å². The number of ether oxygens (including phenoxy) is 1. The van der Waals surface area contributed by atoms with E-state index in [2.05, 4.69) is 10.0 Å². The normalized spacial score (nSPS) is 13.0. The molecule has 148 valence electrons. The Labute approximate surface area is 164 Å². The Balaban J connectivity index is 1.45. The molecule has 0 unspecified atom stereocenters. The first-order chi connectivity index (χ1) is 13.3. The van der Waals surface area contributed by atoms with Crippen molar-refractivity contribution in [3.8, 4) is 0 Å². The second-order valence-corrected chi connectivity index (χ2v) is 8.45. The molecule has 0 fully saturated rings. The topological polar surface area (TPSA) is 102 Å². The fourth-order valence-electron chi connectivity index (χ4n) is 3.00. The van der Waals surface area contributed by atoms with Crippen molar-refractivity contribution in [3.63, 3.8) is 0 Å². The predicted molar refractivity (Wildman–Crippen MR) is 104 cm³/mol. The lowest BCUT2D eigenvalue weighted by Gasteiger charge is -2.09. The average molecular weight is 402 g/mol. The molecule has 3 rings (SSSR count). The molecule has 7 nitrogen and oxygen atoms in total. The van der Waals surface area contributed by atoms with Gasteiger partial charge in [0.05, 0.1) is 4.90 Å². The van der Waals surface area contributed by atoms with Crippen LogP contribution in [-0.4, -0.2) is 33.4 Å². The maximum atomic E-state index is 12.1. The van der Waals surface area contributed by atoms with Crippen LogP contribution in [0.15, 0.2) is 47.4 Å². The van der Waals surface area contributed by atoms with Crippen LogP contribution in [0, 0.1) is 6.92 Å². The van der Waals surface area contributed by atoms with Crippen LogP contribution in [0.1, 0.15) is 23.1 Å². The van der Waals surface area contributed by atoms with E-state index in [1.54, 1.807) is 12.1 Å². The van der Waals surface area contributed by atoms with Crippen LogP contribution in [0.3, 0.4) is 0 Å². The van der Waals surface area contributed by atoms with Gasteiger partial charge in [0.25, 0.3) is 5.91 Å². The van der Waals surface area contributed by atoms with E-state index in [9.17, 15) is 18.0 Å². The zero-order valence-electron chi connectivity index (χ0n) is 15.5. The summed E-state index contributed by atoms with van der Waals surface area (Å²) >= 11 is 0. The lowest BCUT2D eigenvalue weighted by molar-refractivity contribution is -0.146. The highest BCUT2D eigenvalue weighted by Crippen LogP contribution is 2.24. The van der Waals surface area contributed by atoms with Gasteiger partial charge < -0.3 is 10.1 Å². The molecular formula is C20H22N2O5S. The highest BCUT2D eigenvalue weighted by atomic mass is 32.2. The van der Waals surface area contributed by atoms with E-state index in [0.29, 0.717) is 5.69 Å². The van der Waals surface area contributed by atoms with Crippen LogP contribution >= 0.6 is 0 Å². The third kappa shape index (κ3) is 5.17. The molecule has 0 aliphatic heterocycles. The summed E-state index contributed by atoms with van der Waals surface area (Å²) in [5, 5.41) is 2.68. The molecule has 0 atom stereocenters. The summed E-state index contributed by atoms with van der Waals surface area (Å²) in [4.78, 5) is 23.8. The van der Waals surface area contributed by atoms with Gasteiger partial charge in [-0.3, -0.25) is 9.59 Å². The van der Waals surface area contributed by atoms with Crippen molar-refractivity contribution >= 4 is 27.6 Å². The molecule has 2 aromatic rings. The van der Waals surface area contributed by atoms with E-state index in [1.165, 1.54) is 23.3 Å². The van der Waals surface area contributed by atoms with Crippen LogP contribution in [-0.2, 0) is 37.2 Å². The summed E-state index contributed by atoms with van der Waals surface area (Å²) < 4.78 is 31.2. The lowest BCUT2D eigenvalue weighted by Crippen LogP contribution is -2.32. The number of hydrogen-bond acceptors (Lipinski definition) is 5. The maximum absolute atomic E-state index is 12.1. The SMILES string of the molecule is Cc1ccc(S(=O)(=O)NCC(=O)OCC(=O)Nc2ccc3c(c2)CCC3)cc1. The minimum Gasteiger partial charge on any atom is -0.455 e. The lowest BCUT2D eigenvalue weighted by atomic mass is 10.1. The molecule has 0 heterocycles. The number of sulfonamides is 1. The monoisotopic (exact) mass is 402 g/mol. The van der Waals surface area contributed by atoms with Gasteiger partial charge in [0.2, 0.25) is 10.0 Å². The molecule has 0 saturated heterocycles. The van der Waals surface area contributed by atoms with Gasteiger partial charge in [0, 0.05) is 5.69 Å². The zero-order valence-corrected chi connectivity index (χ0v) is 16.3. The number of amides is 1. The maximum Gasteiger partial charge on any atom is 0.321 e. The van der Waals surface area contributed by atoms with E-state index in [1.807, 2.05) is 25.1 Å². The number of hydrogen-bond donors (Lipinski definition) is 2. The van der Waals surface area contributed by atoms with Crippen molar-refractivity contribution in [2.75, 3.05) is 18.5 Å². The van der Waals surface area contributed by atoms with E-state index in [4.69, 9.17) is 4.74 Å². The number of nitrogens with one attached hydrogen (secondary N) is 2. The second-order valence-electron chi connectivity index (χ2n) is 6.68. The molecule has 1 aliphatic rings. The summed E-state index contributed by atoms with van der Waals surface area (Å²) in [5.74, 6) is -1.31. The first kappa shape index (κ1) is 20.0. The van der Waals surface area contributed by atoms with E-state index < -0.39 is 35.1 Å². The Morgan fingerprint density at radius 2 is 1.75 bits per heavy atom. The Kier molecular flexibility index (Phi) is 6.11. The largest absolute Gasteiger partial charge is 0.455 e. The number of esters is 1. The highest BCUT2D eigenvalue weighted by molar-refractivity contribution is 7.89. The number of fused-ring (bicyclic) bond motifs is 1. The smallest absolute Gasteiger partial charge is 0.321 e. The fraction of sp³-hybridized carbons (Fsp3) is 0.300. The third-order valence-electron chi connectivity index (χ3n) is 4.48. The van der Waals surface area contributed by atoms with Gasteiger partial charge >= 0.3 is 5.97 Å². The molecule has 0 radical (unpaired) electrons. The molecular weight excluding hydrogens is 380 g/mol. The van der Waals surface area contributed by atoms with Crippen molar-refractivity contribution in [1.82, 2.24) is 4.72 Å². The van der Waals surface area contributed by atoms with Gasteiger partial charge in [-0.25, -0.2) is 8.42 Å². The van der Waals surface area contributed by atoms with Crippen LogP contribution in [0.4, 0.5) is 5.69 Å². The van der Waals surface area contributed by atoms with Gasteiger partial charge in [0.15, 0.2) is 6.61 Å². The summed E-state index contributed by atoms with van der Waals surface area (Å²) in [6.45, 7) is 0.805. The number of carbonyl (C=O) groups is 2. The molecule has 1 aliphatic carbocycles. The van der Waals surface area contributed by atoms with Gasteiger partial charge in [-0.15, -0.1) is 0 Å². The first-order valence-electron chi connectivity index (χ1n) is 8.97. The van der Waals surface area contributed by atoms with Crippen molar-refractivity contribution in [1.29, 1.82) is 0 Å². The molecule has 2 N–H and O–H groups in total. The van der Waals surface area contributed by atoms with Crippen molar-refractivity contribution < 1.29 is 22.7 Å². The van der Waals surface area contributed by atoms with E-state index >= 15 is 0 Å². The molecule has 2 aromatic carbocycles. The summed E-state index contributed by atoms with van der Waals surface area (Å²) in [5.41, 5.74) is 4.10. The van der Waals surface area contributed by atoms with Crippen LogP contribution in [0.25, 0.3) is 0 Å². The van der Waals surface area contributed by atoms with Gasteiger partial charge in [-0.2, -0.15) is 4.72 Å². The van der Waals surface area contributed by atoms with Gasteiger partial charge in [-0.1, -0.05) is 23.8 Å². The summed E-state index contributed by atoms with van der Waals surface area (Å²) in [6.07, 6.45) is 3.16. The molecule has 0 spiro atoms. The predicted octanol–water partition coefficient (Wildman–Crippen LogP) is 1.94. The summed E-state index contributed by atoms with van der Waals surface area (Å²) in [7, 11) is -3.82. The molecule has 0 bridgehead atoms. The highest BCUT2D eigenvalue weighted by Gasteiger charge is 2.17. The Morgan fingerprint density at radius 3 is 2.50 bits per heavy atom. The van der Waals surface area contributed by atoms with Crippen LogP contribution in [0.5, 0.6) is 0 Å². The Morgan fingerprint density at radius 1 is 1.04 bits per heavy atom. The van der Waals surface area contributed by atoms with Crippen molar-refractivity contribution in [2.45, 2.75) is 31.1 Å². The number of benzene rings is 2. The molecule has 28 heavy (non-hydrogen) atoms. The quantitative estimate of drug-likeness (QED) is 0.689. The van der Waals surface area contributed by atoms with Crippen molar-refractivity contribution in [3.05, 3.63) is 59.2 Å². The van der Waals surface area contributed by atoms with Gasteiger partial charge in [0.1, 0.15) is 6.54 Å². The zero-order chi connectivity index (χ0) is 20.1. The fourth-order valence-corrected chi connectivity index (χ4v) is 3.97. The molecule has 1 amide bonds. The second kappa shape index (κ2) is 8.53. The molecule has 8 heteroatoms. The minimum atomic E-state index is -3.82. The third-order valence-corrected chi connectivity index (χ3v) is 5.90. The van der Waals surface area contributed by atoms with Crippen LogP contribution in [0.2, 0.25) is 0 Å². The van der Waals surface area contributed by atoms with Crippen molar-refractivity contribution in [2.24, 2.45) is 0 Å². The first-order valence-corrected chi connectivity index (χ1v) is 10.5. The van der Waals surface area contributed by atoms with Gasteiger partial charge in [-0.05, 0) is 61.6 Å². The van der Waals surface area contributed by atoms with E-state index in [0.717, 1.165) is 24.8 Å². The summed E-state index contributed by atoms with van der Waals surface area (Å²) in [6, 6.07) is 12.0.